The predicted molar refractivity (Wildman–Crippen MR) is 93.3 cm³/mol. The molecular weight excluding hydrogens is 306 g/mol. The summed E-state index contributed by atoms with van der Waals surface area (Å²) in [5.41, 5.74) is 4.92. The maximum absolute atomic E-state index is 12.5. The van der Waals surface area contributed by atoms with E-state index in [0.29, 0.717) is 12.1 Å². The van der Waals surface area contributed by atoms with Gasteiger partial charge in [-0.1, -0.05) is 29.8 Å². The number of carbonyl (C=O) groups excluding carboxylic acids is 1. The van der Waals surface area contributed by atoms with E-state index in [2.05, 4.69) is 16.4 Å². The van der Waals surface area contributed by atoms with Crippen molar-refractivity contribution < 1.29 is 4.79 Å². The Morgan fingerprint density at radius 2 is 2.09 bits per heavy atom. The van der Waals surface area contributed by atoms with Crippen molar-refractivity contribution in [1.29, 1.82) is 0 Å². The molecule has 0 radical (unpaired) electrons. The lowest BCUT2D eigenvalue weighted by Crippen LogP contribution is -2.23. The Balaban J connectivity index is 1.79. The molecule has 5 heteroatoms. The van der Waals surface area contributed by atoms with E-state index in [1.807, 2.05) is 55.0 Å². The fraction of sp³-hybridized carbons (Fsp3) is 0.222. The summed E-state index contributed by atoms with van der Waals surface area (Å²) in [5.74, 6) is -0.0533. The van der Waals surface area contributed by atoms with Crippen molar-refractivity contribution >= 4 is 17.2 Å². The molecule has 4 nitrogen and oxygen atoms in total. The highest BCUT2D eigenvalue weighted by Crippen LogP contribution is 2.22. The number of hydrogen-bond donors (Lipinski definition) is 1. The van der Waals surface area contributed by atoms with Crippen LogP contribution in [0.5, 0.6) is 0 Å². The molecule has 2 aromatic heterocycles. The highest BCUT2D eigenvalue weighted by atomic mass is 32.1. The fourth-order valence-corrected chi connectivity index (χ4v) is 3.46. The molecule has 0 saturated heterocycles. The number of benzene rings is 1. The second-order valence-electron chi connectivity index (χ2n) is 5.61. The van der Waals surface area contributed by atoms with Crippen molar-refractivity contribution in [2.45, 2.75) is 27.3 Å². The third-order valence-electron chi connectivity index (χ3n) is 3.82. The van der Waals surface area contributed by atoms with Gasteiger partial charge in [0.05, 0.1) is 5.56 Å². The summed E-state index contributed by atoms with van der Waals surface area (Å²) in [6, 6.07) is 10.1. The molecule has 0 saturated carbocycles. The van der Waals surface area contributed by atoms with Crippen LogP contribution in [0.15, 0.2) is 41.9 Å². The lowest BCUT2D eigenvalue weighted by molar-refractivity contribution is 0.0950. The van der Waals surface area contributed by atoms with Crippen molar-refractivity contribution in [2.75, 3.05) is 0 Å². The minimum atomic E-state index is -0.0533. The first kappa shape index (κ1) is 15.5. The van der Waals surface area contributed by atoms with Gasteiger partial charge in [0.25, 0.3) is 5.91 Å². The molecule has 3 rings (SSSR count). The van der Waals surface area contributed by atoms with Gasteiger partial charge in [-0.05, 0) is 32.4 Å². The maximum atomic E-state index is 12.5. The predicted octanol–water partition coefficient (Wildman–Crippen LogP) is 3.79. The van der Waals surface area contributed by atoms with E-state index in [4.69, 9.17) is 0 Å². The monoisotopic (exact) mass is 325 g/mol. The summed E-state index contributed by atoms with van der Waals surface area (Å²) < 4.78 is 2.02. The minimum Gasteiger partial charge on any atom is -0.348 e. The molecule has 0 spiro atoms. The van der Waals surface area contributed by atoms with E-state index in [9.17, 15) is 4.79 Å². The number of carbonyl (C=O) groups is 1. The molecule has 1 aromatic carbocycles. The second kappa shape index (κ2) is 6.38. The normalized spacial score (nSPS) is 10.7. The summed E-state index contributed by atoms with van der Waals surface area (Å²) in [5, 5.41) is 5.82. The van der Waals surface area contributed by atoms with Crippen LogP contribution in [-0.4, -0.2) is 15.5 Å². The molecule has 118 valence electrons. The topological polar surface area (TPSA) is 46.9 Å². The van der Waals surface area contributed by atoms with E-state index in [0.717, 1.165) is 22.1 Å². The van der Waals surface area contributed by atoms with Crippen molar-refractivity contribution in [3.8, 4) is 5.13 Å². The third-order valence-corrected chi connectivity index (χ3v) is 4.58. The number of nitrogens with zero attached hydrogens (tertiary/aromatic N) is 2. The van der Waals surface area contributed by atoms with Gasteiger partial charge in [0.2, 0.25) is 0 Å². The van der Waals surface area contributed by atoms with Crippen LogP contribution in [0.1, 0.15) is 32.9 Å². The van der Waals surface area contributed by atoms with Crippen LogP contribution in [0.4, 0.5) is 0 Å². The zero-order valence-corrected chi connectivity index (χ0v) is 14.3. The number of thiazole rings is 1. The van der Waals surface area contributed by atoms with Crippen molar-refractivity contribution in [3.63, 3.8) is 0 Å². The SMILES string of the molecule is Cc1cccc(CNC(=O)c2cc(C)n(-c3nccs3)c2C)c1. The first-order chi connectivity index (χ1) is 11.1. The molecule has 2 heterocycles. The summed E-state index contributed by atoms with van der Waals surface area (Å²) in [4.78, 5) is 16.9. The largest absolute Gasteiger partial charge is 0.348 e. The molecular formula is C18H19N3OS. The van der Waals surface area contributed by atoms with Crippen LogP contribution >= 0.6 is 11.3 Å². The van der Waals surface area contributed by atoms with Crippen LogP contribution in [0.3, 0.4) is 0 Å². The molecule has 23 heavy (non-hydrogen) atoms. The molecule has 0 atom stereocenters. The second-order valence-corrected chi connectivity index (χ2v) is 6.48. The van der Waals surface area contributed by atoms with Crippen LogP contribution in [0.25, 0.3) is 5.13 Å². The van der Waals surface area contributed by atoms with Crippen LogP contribution in [0.2, 0.25) is 0 Å². The van der Waals surface area contributed by atoms with Crippen LogP contribution in [-0.2, 0) is 6.54 Å². The highest BCUT2D eigenvalue weighted by Gasteiger charge is 2.17. The number of aryl methyl sites for hydroxylation is 2. The van der Waals surface area contributed by atoms with Gasteiger partial charge < -0.3 is 5.32 Å². The van der Waals surface area contributed by atoms with Crippen molar-refractivity contribution in [2.24, 2.45) is 0 Å². The fourth-order valence-electron chi connectivity index (χ4n) is 2.71. The molecule has 1 amide bonds. The Kier molecular flexibility index (Phi) is 4.30. The van der Waals surface area contributed by atoms with Gasteiger partial charge in [0.1, 0.15) is 0 Å². The first-order valence-electron chi connectivity index (χ1n) is 7.49. The number of amides is 1. The summed E-state index contributed by atoms with van der Waals surface area (Å²) in [6.07, 6.45) is 1.77. The van der Waals surface area contributed by atoms with Gasteiger partial charge in [0, 0.05) is 29.5 Å². The van der Waals surface area contributed by atoms with Gasteiger partial charge in [-0.3, -0.25) is 9.36 Å². The van der Waals surface area contributed by atoms with Crippen LogP contribution in [0, 0.1) is 20.8 Å². The van der Waals surface area contributed by atoms with Crippen molar-refractivity contribution in [3.05, 3.63) is 70.0 Å². The molecule has 0 aliphatic heterocycles. The first-order valence-corrected chi connectivity index (χ1v) is 8.37. The summed E-state index contributed by atoms with van der Waals surface area (Å²) >= 11 is 1.56. The number of rotatable bonds is 4. The molecule has 0 unspecified atom stereocenters. The Hall–Kier alpha value is -2.40. The Labute approximate surface area is 139 Å². The summed E-state index contributed by atoms with van der Waals surface area (Å²) in [6.45, 7) is 6.52. The minimum absolute atomic E-state index is 0.0533. The number of nitrogens with one attached hydrogen (secondary N) is 1. The van der Waals surface area contributed by atoms with Gasteiger partial charge >= 0.3 is 0 Å². The molecule has 3 aromatic rings. The molecule has 0 aliphatic carbocycles. The number of aromatic nitrogens is 2. The molecule has 0 aliphatic rings. The van der Waals surface area contributed by atoms with E-state index in [1.165, 1.54) is 5.56 Å². The lowest BCUT2D eigenvalue weighted by atomic mass is 10.1. The smallest absolute Gasteiger partial charge is 0.253 e. The standard InChI is InChI=1S/C18H19N3OS/c1-12-5-4-6-15(9-12)11-20-17(22)16-10-13(2)21(14(16)3)18-19-7-8-23-18/h4-10H,11H2,1-3H3,(H,20,22). The molecule has 0 bridgehead atoms. The zero-order valence-electron chi connectivity index (χ0n) is 13.5. The lowest BCUT2D eigenvalue weighted by Gasteiger charge is -2.07. The van der Waals surface area contributed by atoms with Gasteiger partial charge in [-0.25, -0.2) is 4.98 Å². The number of hydrogen-bond acceptors (Lipinski definition) is 3. The van der Waals surface area contributed by atoms with Gasteiger partial charge in [-0.15, -0.1) is 11.3 Å². The van der Waals surface area contributed by atoms with E-state index < -0.39 is 0 Å². The Morgan fingerprint density at radius 3 is 2.78 bits per heavy atom. The average Bonchev–Trinajstić information content (AvgIpc) is 3.13. The van der Waals surface area contributed by atoms with E-state index in [1.54, 1.807) is 17.5 Å². The van der Waals surface area contributed by atoms with E-state index in [-0.39, 0.29) is 5.91 Å². The summed E-state index contributed by atoms with van der Waals surface area (Å²) in [7, 11) is 0. The third kappa shape index (κ3) is 3.19. The average molecular weight is 325 g/mol. The Bertz CT molecular complexity index is 834. The van der Waals surface area contributed by atoms with Crippen LogP contribution < -0.4 is 5.32 Å². The van der Waals surface area contributed by atoms with Gasteiger partial charge in [0.15, 0.2) is 5.13 Å². The Morgan fingerprint density at radius 1 is 1.26 bits per heavy atom. The maximum Gasteiger partial charge on any atom is 0.253 e. The highest BCUT2D eigenvalue weighted by molar-refractivity contribution is 7.12. The van der Waals surface area contributed by atoms with Gasteiger partial charge in [-0.2, -0.15) is 0 Å². The van der Waals surface area contributed by atoms with Crippen molar-refractivity contribution in [1.82, 2.24) is 14.9 Å². The zero-order chi connectivity index (χ0) is 16.4. The molecule has 0 fully saturated rings. The molecule has 1 N–H and O–H groups in total. The van der Waals surface area contributed by atoms with E-state index >= 15 is 0 Å². The quantitative estimate of drug-likeness (QED) is 0.793.